The van der Waals surface area contributed by atoms with Crippen LogP contribution >= 0.6 is 0 Å². The largest absolute Gasteiger partial charge is 0.381 e. The van der Waals surface area contributed by atoms with Gasteiger partial charge in [0, 0.05) is 24.8 Å². The molecule has 2 N–H and O–H groups in total. The molecule has 2 atom stereocenters. The van der Waals surface area contributed by atoms with Crippen molar-refractivity contribution in [2.75, 3.05) is 13.2 Å². The van der Waals surface area contributed by atoms with Crippen molar-refractivity contribution in [1.82, 2.24) is 10.6 Å². The van der Waals surface area contributed by atoms with Crippen LogP contribution in [0.15, 0.2) is 0 Å². The first-order valence-electron chi connectivity index (χ1n) is 9.71. The van der Waals surface area contributed by atoms with Crippen LogP contribution in [0.5, 0.6) is 0 Å². The fraction of sp³-hybridized carbons (Fsp3) is 0.947. The molecule has 5 rings (SSSR count). The van der Waals surface area contributed by atoms with Crippen LogP contribution in [0.3, 0.4) is 0 Å². The highest BCUT2D eigenvalue weighted by molar-refractivity contribution is 5.75. The van der Waals surface area contributed by atoms with Gasteiger partial charge < -0.3 is 15.4 Å². The molecule has 5 fully saturated rings. The summed E-state index contributed by atoms with van der Waals surface area (Å²) in [6, 6.07) is 0.362. The van der Waals surface area contributed by atoms with Crippen LogP contribution in [-0.2, 0) is 4.74 Å². The Labute approximate surface area is 140 Å². The van der Waals surface area contributed by atoms with Gasteiger partial charge in [-0.25, -0.2) is 4.79 Å². The van der Waals surface area contributed by atoms with E-state index in [4.69, 9.17) is 4.74 Å². The Morgan fingerprint density at radius 2 is 1.74 bits per heavy atom. The van der Waals surface area contributed by atoms with E-state index in [0.717, 1.165) is 55.6 Å². The zero-order chi connectivity index (χ0) is 16.0. The standard InChI is InChI=1S/C19H32N2O2/c1-12(2)17-14-7-13-8-15(17)11-19(9-13,10-14)21-18(22)20-16-3-5-23-6-4-16/h12-17H,3-11H2,1-2H3,(H2,20,21,22). The van der Waals surface area contributed by atoms with Gasteiger partial charge in [0.15, 0.2) is 0 Å². The van der Waals surface area contributed by atoms with E-state index in [1.165, 1.54) is 32.1 Å². The zero-order valence-electron chi connectivity index (χ0n) is 14.6. The smallest absolute Gasteiger partial charge is 0.315 e. The molecule has 4 heteroatoms. The topological polar surface area (TPSA) is 50.4 Å². The summed E-state index contributed by atoms with van der Waals surface area (Å²) in [7, 11) is 0. The fourth-order valence-electron chi connectivity index (χ4n) is 6.61. The molecule has 2 amide bonds. The molecule has 4 bridgehead atoms. The number of carbonyl (C=O) groups excluding carboxylic acids is 1. The Kier molecular flexibility index (Phi) is 4.07. The molecule has 4 aliphatic carbocycles. The third-order valence-electron chi connectivity index (χ3n) is 7.05. The van der Waals surface area contributed by atoms with Crippen molar-refractivity contribution in [2.45, 2.75) is 70.4 Å². The second-order valence-electron chi connectivity index (χ2n) is 9.06. The van der Waals surface area contributed by atoms with Gasteiger partial charge in [0.2, 0.25) is 0 Å². The summed E-state index contributed by atoms with van der Waals surface area (Å²) < 4.78 is 5.38. The van der Waals surface area contributed by atoms with Gasteiger partial charge in [0.1, 0.15) is 0 Å². The minimum atomic E-state index is 0.0694. The second-order valence-corrected chi connectivity index (χ2v) is 9.06. The molecule has 0 aromatic heterocycles. The Balaban J connectivity index is 1.40. The van der Waals surface area contributed by atoms with E-state index in [1.54, 1.807) is 0 Å². The number of amides is 2. The molecule has 5 aliphatic rings. The Morgan fingerprint density at radius 1 is 1.09 bits per heavy atom. The van der Waals surface area contributed by atoms with E-state index in [1.807, 2.05) is 0 Å². The number of carbonyl (C=O) groups is 1. The lowest BCUT2D eigenvalue weighted by Crippen LogP contribution is -2.64. The van der Waals surface area contributed by atoms with E-state index in [2.05, 4.69) is 24.5 Å². The molecule has 4 nitrogen and oxygen atoms in total. The molecule has 0 aromatic carbocycles. The monoisotopic (exact) mass is 320 g/mol. The highest BCUT2D eigenvalue weighted by Crippen LogP contribution is 2.59. The van der Waals surface area contributed by atoms with Crippen LogP contribution in [-0.4, -0.2) is 30.8 Å². The minimum absolute atomic E-state index is 0.0694. The molecular formula is C19H32N2O2. The van der Waals surface area contributed by atoms with Crippen LogP contribution in [0.2, 0.25) is 0 Å². The molecule has 4 saturated carbocycles. The van der Waals surface area contributed by atoms with Crippen molar-refractivity contribution in [1.29, 1.82) is 0 Å². The Hall–Kier alpha value is -0.770. The number of ether oxygens (including phenoxy) is 1. The molecular weight excluding hydrogens is 288 g/mol. The summed E-state index contributed by atoms with van der Waals surface area (Å²) in [5.74, 6) is 4.21. The molecule has 23 heavy (non-hydrogen) atoms. The molecule has 1 aliphatic heterocycles. The van der Waals surface area contributed by atoms with Crippen LogP contribution in [0, 0.1) is 29.6 Å². The van der Waals surface area contributed by atoms with E-state index in [-0.39, 0.29) is 11.6 Å². The highest BCUT2D eigenvalue weighted by Gasteiger charge is 2.56. The molecule has 1 heterocycles. The van der Waals surface area contributed by atoms with Gasteiger partial charge in [-0.05, 0) is 74.5 Å². The van der Waals surface area contributed by atoms with Crippen molar-refractivity contribution in [2.24, 2.45) is 29.6 Å². The first-order chi connectivity index (χ1) is 11.0. The lowest BCUT2D eigenvalue weighted by atomic mass is 9.47. The molecule has 0 radical (unpaired) electrons. The predicted molar refractivity (Wildman–Crippen MR) is 90.1 cm³/mol. The second kappa shape index (κ2) is 5.94. The van der Waals surface area contributed by atoms with Gasteiger partial charge in [0.25, 0.3) is 0 Å². The first-order valence-corrected chi connectivity index (χ1v) is 9.71. The van der Waals surface area contributed by atoms with Crippen molar-refractivity contribution < 1.29 is 9.53 Å². The van der Waals surface area contributed by atoms with Crippen LogP contribution in [0.1, 0.15) is 58.8 Å². The summed E-state index contributed by atoms with van der Waals surface area (Å²) in [4.78, 5) is 12.5. The van der Waals surface area contributed by atoms with Gasteiger partial charge in [-0.2, -0.15) is 0 Å². The summed E-state index contributed by atoms with van der Waals surface area (Å²) in [5.41, 5.74) is 0.0944. The summed E-state index contributed by atoms with van der Waals surface area (Å²) in [6.45, 7) is 6.34. The lowest BCUT2D eigenvalue weighted by molar-refractivity contribution is -0.0776. The van der Waals surface area contributed by atoms with Crippen LogP contribution in [0.4, 0.5) is 4.79 Å². The number of rotatable bonds is 3. The van der Waals surface area contributed by atoms with Crippen molar-refractivity contribution in [3.8, 4) is 0 Å². The average molecular weight is 320 g/mol. The highest BCUT2D eigenvalue weighted by atomic mass is 16.5. The van der Waals surface area contributed by atoms with E-state index >= 15 is 0 Å². The summed E-state index contributed by atoms with van der Waals surface area (Å²) in [5, 5.41) is 6.64. The van der Waals surface area contributed by atoms with E-state index < -0.39 is 0 Å². The number of hydrogen-bond acceptors (Lipinski definition) is 2. The fourth-order valence-corrected chi connectivity index (χ4v) is 6.61. The van der Waals surface area contributed by atoms with Crippen molar-refractivity contribution >= 4 is 6.03 Å². The molecule has 2 unspecified atom stereocenters. The normalized spacial score (nSPS) is 42.9. The van der Waals surface area contributed by atoms with Gasteiger partial charge in [-0.3, -0.25) is 0 Å². The third kappa shape index (κ3) is 2.99. The number of hydrogen-bond donors (Lipinski definition) is 2. The maximum atomic E-state index is 12.5. The molecule has 0 aromatic rings. The first kappa shape index (κ1) is 15.7. The maximum absolute atomic E-state index is 12.5. The maximum Gasteiger partial charge on any atom is 0.315 e. The summed E-state index contributed by atoms with van der Waals surface area (Å²) in [6.07, 6.45) is 8.35. The average Bonchev–Trinajstić information content (AvgIpc) is 2.45. The lowest BCUT2D eigenvalue weighted by Gasteiger charge is -2.61. The number of urea groups is 1. The van der Waals surface area contributed by atoms with E-state index in [0.29, 0.717) is 6.04 Å². The van der Waals surface area contributed by atoms with Gasteiger partial charge in [-0.1, -0.05) is 13.8 Å². The van der Waals surface area contributed by atoms with Crippen molar-refractivity contribution in [3.63, 3.8) is 0 Å². The quantitative estimate of drug-likeness (QED) is 0.838. The molecule has 130 valence electrons. The SMILES string of the molecule is CC(C)C1C2CC3CC1CC(NC(=O)NC1CCOCC1)(C3)C2. The van der Waals surface area contributed by atoms with Crippen LogP contribution in [0.25, 0.3) is 0 Å². The summed E-state index contributed by atoms with van der Waals surface area (Å²) >= 11 is 0. The zero-order valence-corrected chi connectivity index (χ0v) is 14.6. The predicted octanol–water partition coefficient (Wildman–Crippen LogP) is 3.32. The van der Waals surface area contributed by atoms with Gasteiger partial charge >= 0.3 is 6.03 Å². The Morgan fingerprint density at radius 3 is 2.35 bits per heavy atom. The minimum Gasteiger partial charge on any atom is -0.381 e. The van der Waals surface area contributed by atoms with Crippen LogP contribution < -0.4 is 10.6 Å². The van der Waals surface area contributed by atoms with Gasteiger partial charge in [-0.15, -0.1) is 0 Å². The Bertz CT molecular complexity index is 442. The van der Waals surface area contributed by atoms with Crippen molar-refractivity contribution in [3.05, 3.63) is 0 Å². The molecule has 0 spiro atoms. The van der Waals surface area contributed by atoms with Gasteiger partial charge in [0.05, 0.1) is 0 Å². The number of nitrogens with one attached hydrogen (secondary N) is 2. The van der Waals surface area contributed by atoms with E-state index in [9.17, 15) is 4.79 Å². The third-order valence-corrected chi connectivity index (χ3v) is 7.05. The molecule has 1 saturated heterocycles.